The molecule has 2 aromatic rings. The largest absolute Gasteiger partial charge is 0.384 e. The van der Waals surface area contributed by atoms with Gasteiger partial charge in [-0.15, -0.1) is 0 Å². The van der Waals surface area contributed by atoms with Crippen molar-refractivity contribution in [2.24, 2.45) is 0 Å². The second kappa shape index (κ2) is 6.05. The number of ether oxygens (including phenoxy) is 1. The topological polar surface area (TPSA) is 60.2 Å². The van der Waals surface area contributed by atoms with Crippen molar-refractivity contribution in [1.82, 2.24) is 10.1 Å². The Hall–Kier alpha value is -1.88. The van der Waals surface area contributed by atoms with Crippen molar-refractivity contribution in [1.29, 1.82) is 0 Å². The average Bonchev–Trinajstić information content (AvgIpc) is 2.96. The highest BCUT2D eigenvalue weighted by Gasteiger charge is 2.24. The van der Waals surface area contributed by atoms with Gasteiger partial charge in [0.2, 0.25) is 5.89 Å². The van der Waals surface area contributed by atoms with E-state index in [2.05, 4.69) is 33.7 Å². The van der Waals surface area contributed by atoms with Crippen molar-refractivity contribution in [3.63, 3.8) is 0 Å². The lowest BCUT2D eigenvalue weighted by atomic mass is 9.94. The molecule has 3 rings (SSSR count). The Morgan fingerprint density at radius 1 is 1.40 bits per heavy atom. The molecule has 1 atom stereocenters. The lowest BCUT2D eigenvalue weighted by Gasteiger charge is -2.23. The molecule has 1 unspecified atom stereocenters. The van der Waals surface area contributed by atoms with E-state index in [1.165, 1.54) is 11.3 Å². The summed E-state index contributed by atoms with van der Waals surface area (Å²) in [5, 5.41) is 7.45. The van der Waals surface area contributed by atoms with E-state index in [1.807, 2.05) is 13.0 Å². The van der Waals surface area contributed by atoms with Crippen molar-refractivity contribution >= 4 is 5.69 Å². The highest BCUT2D eigenvalue weighted by molar-refractivity contribution is 5.53. The number of hydrogen-bond donors (Lipinski definition) is 1. The first kappa shape index (κ1) is 13.1. The summed E-state index contributed by atoms with van der Waals surface area (Å²) in [5.74, 6) is 1.70. The van der Waals surface area contributed by atoms with Gasteiger partial charge in [-0.25, -0.2) is 0 Å². The van der Waals surface area contributed by atoms with Crippen LogP contribution in [0.2, 0.25) is 0 Å². The summed E-state index contributed by atoms with van der Waals surface area (Å²) in [5.41, 5.74) is 2.51. The maximum Gasteiger partial charge on any atom is 0.231 e. The third kappa shape index (κ3) is 2.82. The van der Waals surface area contributed by atoms with Crippen LogP contribution in [0.1, 0.15) is 30.1 Å². The molecule has 20 heavy (non-hydrogen) atoms. The number of fused-ring (bicyclic) bond motifs is 1. The van der Waals surface area contributed by atoms with Crippen LogP contribution in [0.4, 0.5) is 5.69 Å². The molecule has 0 bridgehead atoms. The molecule has 0 fully saturated rings. The quantitative estimate of drug-likeness (QED) is 0.848. The predicted molar refractivity (Wildman–Crippen MR) is 75.9 cm³/mol. The Morgan fingerprint density at radius 3 is 3.20 bits per heavy atom. The van der Waals surface area contributed by atoms with Gasteiger partial charge < -0.3 is 14.6 Å². The molecular weight excluding hydrogens is 254 g/mol. The lowest BCUT2D eigenvalue weighted by molar-refractivity contribution is 0.149. The van der Waals surface area contributed by atoms with Crippen molar-refractivity contribution in [2.75, 3.05) is 25.1 Å². The van der Waals surface area contributed by atoms with Crippen LogP contribution in [0.5, 0.6) is 0 Å². The molecule has 1 aromatic carbocycles. The van der Waals surface area contributed by atoms with Gasteiger partial charge in [-0.3, -0.25) is 0 Å². The monoisotopic (exact) mass is 273 g/mol. The summed E-state index contributed by atoms with van der Waals surface area (Å²) in [7, 11) is 0. The first-order valence-electron chi connectivity index (χ1n) is 7.09. The SMILES string of the molecule is CCOCCc1noc(C2CNc3ccccc3C2)n1. The molecule has 0 saturated carbocycles. The van der Waals surface area contributed by atoms with Crippen molar-refractivity contribution in [3.8, 4) is 0 Å². The van der Waals surface area contributed by atoms with Crippen LogP contribution in [0.15, 0.2) is 28.8 Å². The van der Waals surface area contributed by atoms with Crippen LogP contribution >= 0.6 is 0 Å². The van der Waals surface area contributed by atoms with Crippen LogP contribution in [-0.2, 0) is 17.6 Å². The molecule has 0 saturated heterocycles. The van der Waals surface area contributed by atoms with E-state index in [0.717, 1.165) is 24.7 Å². The summed E-state index contributed by atoms with van der Waals surface area (Å²) < 4.78 is 10.7. The number of hydrogen-bond acceptors (Lipinski definition) is 5. The van der Waals surface area contributed by atoms with Crippen molar-refractivity contribution < 1.29 is 9.26 Å². The number of nitrogens with one attached hydrogen (secondary N) is 1. The molecule has 1 aliphatic rings. The average molecular weight is 273 g/mol. The van der Waals surface area contributed by atoms with Gasteiger partial charge in [0.1, 0.15) is 0 Å². The third-order valence-corrected chi connectivity index (χ3v) is 3.53. The van der Waals surface area contributed by atoms with Crippen molar-refractivity contribution in [3.05, 3.63) is 41.5 Å². The molecule has 0 amide bonds. The van der Waals surface area contributed by atoms with E-state index >= 15 is 0 Å². The lowest BCUT2D eigenvalue weighted by Crippen LogP contribution is -2.21. The number of rotatable bonds is 5. The molecule has 1 aromatic heterocycles. The maximum absolute atomic E-state index is 5.39. The fourth-order valence-corrected chi connectivity index (χ4v) is 2.46. The van der Waals surface area contributed by atoms with Gasteiger partial charge in [-0.1, -0.05) is 23.4 Å². The van der Waals surface area contributed by atoms with Crippen LogP contribution in [0.25, 0.3) is 0 Å². The predicted octanol–water partition coefficient (Wildman–Crippen LogP) is 2.40. The van der Waals surface area contributed by atoms with Crippen LogP contribution in [-0.4, -0.2) is 29.9 Å². The van der Waals surface area contributed by atoms with Crippen LogP contribution < -0.4 is 5.32 Å². The van der Waals surface area contributed by atoms with E-state index in [4.69, 9.17) is 9.26 Å². The van der Waals surface area contributed by atoms with E-state index in [1.54, 1.807) is 0 Å². The van der Waals surface area contributed by atoms with Gasteiger partial charge in [0.05, 0.1) is 12.5 Å². The van der Waals surface area contributed by atoms with Gasteiger partial charge in [0, 0.05) is 25.3 Å². The zero-order valence-corrected chi connectivity index (χ0v) is 11.6. The normalized spacial score (nSPS) is 17.6. The number of benzene rings is 1. The Morgan fingerprint density at radius 2 is 2.30 bits per heavy atom. The molecule has 5 nitrogen and oxygen atoms in total. The fraction of sp³-hybridized carbons (Fsp3) is 0.467. The fourth-order valence-electron chi connectivity index (χ4n) is 2.46. The van der Waals surface area contributed by atoms with Gasteiger partial charge >= 0.3 is 0 Å². The minimum atomic E-state index is 0.248. The second-order valence-corrected chi connectivity index (χ2v) is 4.93. The zero-order valence-electron chi connectivity index (χ0n) is 11.6. The Kier molecular flexibility index (Phi) is 3.97. The highest BCUT2D eigenvalue weighted by atomic mass is 16.5. The van der Waals surface area contributed by atoms with Gasteiger partial charge in [-0.05, 0) is 25.0 Å². The minimum absolute atomic E-state index is 0.248. The summed E-state index contributed by atoms with van der Waals surface area (Å²) in [6.45, 7) is 4.17. The summed E-state index contributed by atoms with van der Waals surface area (Å²) >= 11 is 0. The molecule has 1 aliphatic heterocycles. The molecule has 106 valence electrons. The Bertz CT molecular complexity index is 568. The molecule has 0 aliphatic carbocycles. The van der Waals surface area contributed by atoms with Gasteiger partial charge in [0.25, 0.3) is 0 Å². The molecule has 1 N–H and O–H groups in total. The van der Waals surface area contributed by atoms with E-state index in [-0.39, 0.29) is 5.92 Å². The van der Waals surface area contributed by atoms with Crippen molar-refractivity contribution in [2.45, 2.75) is 25.7 Å². The zero-order chi connectivity index (χ0) is 13.8. The van der Waals surface area contributed by atoms with E-state index in [0.29, 0.717) is 19.6 Å². The third-order valence-electron chi connectivity index (χ3n) is 3.53. The molecule has 2 heterocycles. The first-order chi connectivity index (χ1) is 9.86. The standard InChI is InChI=1S/C15H19N3O2/c1-2-19-8-7-14-17-15(20-18-14)12-9-11-5-3-4-6-13(11)16-10-12/h3-6,12,16H,2,7-10H2,1H3. The summed E-state index contributed by atoms with van der Waals surface area (Å²) in [4.78, 5) is 4.48. The number of nitrogens with zero attached hydrogens (tertiary/aromatic N) is 2. The minimum Gasteiger partial charge on any atom is -0.384 e. The second-order valence-electron chi connectivity index (χ2n) is 4.93. The number of aromatic nitrogens is 2. The highest BCUT2D eigenvalue weighted by Crippen LogP contribution is 2.29. The molecular formula is C15H19N3O2. The van der Waals surface area contributed by atoms with E-state index in [9.17, 15) is 0 Å². The molecule has 0 radical (unpaired) electrons. The molecule has 5 heteroatoms. The van der Waals surface area contributed by atoms with E-state index < -0.39 is 0 Å². The first-order valence-corrected chi connectivity index (χ1v) is 7.09. The van der Waals surface area contributed by atoms with Gasteiger partial charge in [-0.2, -0.15) is 4.98 Å². The summed E-state index contributed by atoms with van der Waals surface area (Å²) in [6.07, 6.45) is 1.64. The summed E-state index contributed by atoms with van der Waals surface area (Å²) in [6, 6.07) is 8.35. The number of anilines is 1. The molecule has 0 spiro atoms. The van der Waals surface area contributed by atoms with Gasteiger partial charge in [0.15, 0.2) is 5.82 Å². The smallest absolute Gasteiger partial charge is 0.231 e. The van der Waals surface area contributed by atoms with Crippen LogP contribution in [0.3, 0.4) is 0 Å². The number of para-hydroxylation sites is 1. The Labute approximate surface area is 118 Å². The maximum atomic E-state index is 5.39. The van der Waals surface area contributed by atoms with Crippen LogP contribution in [0, 0.1) is 0 Å². The Balaban J connectivity index is 1.66.